The molecule has 0 saturated heterocycles. The molecule has 0 fully saturated rings. The number of nitrogens with zero attached hydrogens (tertiary/aromatic N) is 1. The van der Waals surface area contributed by atoms with E-state index in [2.05, 4.69) is 10.1 Å². The van der Waals surface area contributed by atoms with Crippen LogP contribution in [0.5, 0.6) is 0 Å². The van der Waals surface area contributed by atoms with Crippen molar-refractivity contribution < 1.29 is 19.4 Å². The zero-order valence-electron chi connectivity index (χ0n) is 8.52. The van der Waals surface area contributed by atoms with Gasteiger partial charge in [-0.25, -0.2) is 4.79 Å². The lowest BCUT2D eigenvalue weighted by molar-refractivity contribution is -0.142. The van der Waals surface area contributed by atoms with Crippen LogP contribution in [0.3, 0.4) is 0 Å². The van der Waals surface area contributed by atoms with Crippen molar-refractivity contribution in [2.75, 3.05) is 13.7 Å². The minimum absolute atomic E-state index is 0.165. The minimum atomic E-state index is -1.10. The number of amides is 1. The Morgan fingerprint density at radius 1 is 1.60 bits per heavy atom. The van der Waals surface area contributed by atoms with E-state index in [4.69, 9.17) is 10.4 Å². The average Bonchev–Trinajstić information content (AvgIpc) is 2.16. The maximum absolute atomic E-state index is 11.0. The van der Waals surface area contributed by atoms with Gasteiger partial charge < -0.3 is 15.2 Å². The van der Waals surface area contributed by atoms with Crippen molar-refractivity contribution in [3.05, 3.63) is 0 Å². The molecule has 1 atom stereocenters. The first-order chi connectivity index (χ1) is 7.11. The van der Waals surface area contributed by atoms with Gasteiger partial charge in [0.2, 0.25) is 5.91 Å². The van der Waals surface area contributed by atoms with Crippen LogP contribution in [-0.2, 0) is 14.3 Å². The summed E-state index contributed by atoms with van der Waals surface area (Å²) in [7, 11) is 1.35. The Morgan fingerprint density at radius 2 is 2.27 bits per heavy atom. The summed E-state index contributed by atoms with van der Waals surface area (Å²) in [6.45, 7) is -0.165. The molecular weight excluding hydrogens is 200 g/mol. The highest BCUT2D eigenvalue weighted by molar-refractivity contribution is 5.84. The van der Waals surface area contributed by atoms with Gasteiger partial charge in [-0.2, -0.15) is 5.26 Å². The average molecular weight is 214 g/mol. The molecule has 2 N–H and O–H groups in total. The van der Waals surface area contributed by atoms with Crippen molar-refractivity contribution in [3.8, 4) is 6.07 Å². The van der Waals surface area contributed by atoms with Crippen LogP contribution in [0.25, 0.3) is 0 Å². The molecule has 15 heavy (non-hydrogen) atoms. The van der Waals surface area contributed by atoms with E-state index in [1.54, 1.807) is 0 Å². The van der Waals surface area contributed by atoms with Gasteiger partial charge in [-0.1, -0.05) is 0 Å². The third-order valence-electron chi connectivity index (χ3n) is 1.69. The summed E-state index contributed by atoms with van der Waals surface area (Å²) in [5.74, 6) is -1.57. The number of nitrogens with one attached hydrogen (secondary N) is 1. The van der Waals surface area contributed by atoms with Crippen LogP contribution in [-0.4, -0.2) is 36.7 Å². The molecule has 0 rings (SSSR count). The molecule has 0 aromatic carbocycles. The van der Waals surface area contributed by atoms with Gasteiger partial charge in [0, 0.05) is 13.5 Å². The van der Waals surface area contributed by atoms with Gasteiger partial charge in [-0.05, 0) is 12.8 Å². The summed E-state index contributed by atoms with van der Waals surface area (Å²) in [6.07, 6.45) is 0.975. The maximum atomic E-state index is 11.0. The number of carbonyl (C=O) groups is 2. The lowest BCUT2D eigenvalue weighted by Crippen LogP contribution is -2.42. The van der Waals surface area contributed by atoms with E-state index in [0.717, 1.165) is 0 Å². The Morgan fingerprint density at radius 3 is 2.73 bits per heavy atom. The van der Waals surface area contributed by atoms with Crippen LogP contribution >= 0.6 is 0 Å². The Hall–Kier alpha value is -1.61. The fourth-order valence-corrected chi connectivity index (χ4v) is 1.01. The van der Waals surface area contributed by atoms with Crippen molar-refractivity contribution in [1.29, 1.82) is 5.26 Å². The standard InChI is InChI=1S/C9H14N2O4/c1-15-6-8(12)11-7(9(13)14)4-2-3-5-10/h7H,2-4,6H2,1H3,(H,11,12)(H,13,14)/t7-/m1/s1. The van der Waals surface area contributed by atoms with E-state index in [9.17, 15) is 9.59 Å². The topological polar surface area (TPSA) is 99.4 Å². The first kappa shape index (κ1) is 13.4. The second-order valence-electron chi connectivity index (χ2n) is 2.94. The maximum Gasteiger partial charge on any atom is 0.326 e. The molecule has 1 amide bonds. The number of carbonyl (C=O) groups excluding carboxylic acids is 1. The molecule has 0 heterocycles. The molecule has 0 aromatic rings. The number of rotatable bonds is 7. The second-order valence-corrected chi connectivity index (χ2v) is 2.94. The zero-order chi connectivity index (χ0) is 11.7. The molecule has 0 aliphatic heterocycles. The summed E-state index contributed by atoms with van der Waals surface area (Å²) in [5.41, 5.74) is 0. The van der Waals surface area contributed by atoms with Gasteiger partial charge in [-0.15, -0.1) is 0 Å². The molecule has 0 radical (unpaired) electrons. The summed E-state index contributed by atoms with van der Waals surface area (Å²) in [6, 6.07) is 0.967. The normalized spacial score (nSPS) is 11.5. The van der Waals surface area contributed by atoms with Crippen LogP contribution in [0.1, 0.15) is 19.3 Å². The number of aliphatic carboxylic acids is 1. The van der Waals surface area contributed by atoms with Crippen LogP contribution in [0.4, 0.5) is 0 Å². The highest BCUT2D eigenvalue weighted by Crippen LogP contribution is 2.00. The highest BCUT2D eigenvalue weighted by atomic mass is 16.5. The van der Waals surface area contributed by atoms with Crippen LogP contribution in [0.2, 0.25) is 0 Å². The number of unbranched alkanes of at least 4 members (excludes halogenated alkanes) is 1. The predicted octanol–water partition coefficient (Wildman–Crippen LogP) is -0.104. The fraction of sp³-hybridized carbons (Fsp3) is 0.667. The van der Waals surface area contributed by atoms with Crippen molar-refractivity contribution in [2.24, 2.45) is 0 Å². The lowest BCUT2D eigenvalue weighted by atomic mass is 10.1. The summed E-state index contributed by atoms with van der Waals surface area (Å²) < 4.78 is 4.55. The van der Waals surface area contributed by atoms with Crippen molar-refractivity contribution in [1.82, 2.24) is 5.32 Å². The molecule has 0 unspecified atom stereocenters. The Bertz CT molecular complexity index is 259. The fourth-order valence-electron chi connectivity index (χ4n) is 1.01. The SMILES string of the molecule is COCC(=O)N[C@H](CCCC#N)C(=O)O. The van der Waals surface area contributed by atoms with Crippen molar-refractivity contribution in [3.63, 3.8) is 0 Å². The molecular formula is C9H14N2O4. The third kappa shape index (κ3) is 6.46. The van der Waals surface area contributed by atoms with E-state index >= 15 is 0 Å². The molecule has 0 saturated carbocycles. The Labute approximate surface area is 87.8 Å². The van der Waals surface area contributed by atoms with Gasteiger partial charge in [0.25, 0.3) is 0 Å². The molecule has 6 heteroatoms. The highest BCUT2D eigenvalue weighted by Gasteiger charge is 2.18. The zero-order valence-corrected chi connectivity index (χ0v) is 8.52. The summed E-state index contributed by atoms with van der Waals surface area (Å²) in [5, 5.41) is 19.3. The predicted molar refractivity (Wildman–Crippen MR) is 50.9 cm³/mol. The minimum Gasteiger partial charge on any atom is -0.480 e. The number of carboxylic acids is 1. The van der Waals surface area contributed by atoms with Crippen LogP contribution in [0.15, 0.2) is 0 Å². The van der Waals surface area contributed by atoms with Gasteiger partial charge in [0.1, 0.15) is 12.6 Å². The molecule has 84 valence electrons. The van der Waals surface area contributed by atoms with E-state index < -0.39 is 17.9 Å². The summed E-state index contributed by atoms with van der Waals surface area (Å²) >= 11 is 0. The largest absolute Gasteiger partial charge is 0.480 e. The number of nitriles is 1. The van der Waals surface area contributed by atoms with Gasteiger partial charge in [-0.3, -0.25) is 4.79 Å². The molecule has 0 spiro atoms. The first-order valence-corrected chi connectivity index (χ1v) is 4.50. The van der Waals surface area contributed by atoms with E-state index in [0.29, 0.717) is 6.42 Å². The second kappa shape index (κ2) is 7.76. The van der Waals surface area contributed by atoms with E-state index in [-0.39, 0.29) is 19.4 Å². The van der Waals surface area contributed by atoms with Gasteiger partial charge >= 0.3 is 5.97 Å². The van der Waals surface area contributed by atoms with Gasteiger partial charge in [0.15, 0.2) is 0 Å². The number of carboxylic acid groups (broad SMARTS) is 1. The molecule has 0 aromatic heterocycles. The molecule has 0 aliphatic rings. The van der Waals surface area contributed by atoms with Crippen LogP contribution in [0, 0.1) is 11.3 Å². The molecule has 6 nitrogen and oxygen atoms in total. The Kier molecular flexibility index (Phi) is 6.93. The molecule has 0 bridgehead atoms. The van der Waals surface area contributed by atoms with Crippen LogP contribution < -0.4 is 5.32 Å². The summed E-state index contributed by atoms with van der Waals surface area (Å²) in [4.78, 5) is 21.7. The third-order valence-corrected chi connectivity index (χ3v) is 1.69. The quantitative estimate of drug-likeness (QED) is 0.576. The van der Waals surface area contributed by atoms with E-state index in [1.807, 2.05) is 6.07 Å². The number of hydrogen-bond donors (Lipinski definition) is 2. The van der Waals surface area contributed by atoms with Gasteiger partial charge in [0.05, 0.1) is 6.07 Å². The first-order valence-electron chi connectivity index (χ1n) is 4.50. The number of methoxy groups -OCH3 is 1. The Balaban J connectivity index is 3.99. The smallest absolute Gasteiger partial charge is 0.326 e. The van der Waals surface area contributed by atoms with Crippen molar-refractivity contribution in [2.45, 2.75) is 25.3 Å². The number of ether oxygens (including phenoxy) is 1. The number of hydrogen-bond acceptors (Lipinski definition) is 4. The van der Waals surface area contributed by atoms with Crippen molar-refractivity contribution >= 4 is 11.9 Å². The lowest BCUT2D eigenvalue weighted by Gasteiger charge is -2.13. The van der Waals surface area contributed by atoms with E-state index in [1.165, 1.54) is 7.11 Å². The monoisotopic (exact) mass is 214 g/mol. The molecule has 0 aliphatic carbocycles.